The lowest BCUT2D eigenvalue weighted by Crippen LogP contribution is -2.43. The van der Waals surface area contributed by atoms with Crippen LogP contribution in [0.3, 0.4) is 0 Å². The Balaban J connectivity index is 1.82. The fourth-order valence-electron chi connectivity index (χ4n) is 3.47. The summed E-state index contributed by atoms with van der Waals surface area (Å²) in [5, 5.41) is 2.62. The maximum Gasteiger partial charge on any atom is 0.254 e. The number of hydrogen-bond acceptors (Lipinski definition) is 3. The Labute approximate surface area is 199 Å². The van der Waals surface area contributed by atoms with Crippen molar-refractivity contribution >= 4 is 34.8 Å². The lowest BCUT2D eigenvalue weighted by molar-refractivity contribution is -0.133. The normalized spacial score (nSPS) is 10.9. The first-order valence-electron chi connectivity index (χ1n) is 10.7. The molecule has 0 unspecified atom stereocenters. The molecule has 0 radical (unpaired) electrons. The summed E-state index contributed by atoms with van der Waals surface area (Å²) in [6, 6.07) is 18.8. The minimum Gasteiger partial charge on any atom is -0.332 e. The Kier molecular flexibility index (Phi) is 8.48. The van der Waals surface area contributed by atoms with Crippen LogP contribution in [0.15, 0.2) is 66.0 Å². The molecule has 0 aliphatic rings. The molecule has 1 aromatic heterocycles. The van der Waals surface area contributed by atoms with E-state index in [0.717, 1.165) is 10.4 Å². The van der Waals surface area contributed by atoms with Crippen molar-refractivity contribution in [3.63, 3.8) is 0 Å². The Morgan fingerprint density at radius 3 is 2.22 bits per heavy atom. The average molecular weight is 469 g/mol. The Bertz CT molecular complexity index is 1030. The Morgan fingerprint density at radius 2 is 1.62 bits per heavy atom. The first-order chi connectivity index (χ1) is 15.3. The van der Waals surface area contributed by atoms with Crippen molar-refractivity contribution in [2.45, 2.75) is 33.9 Å². The SMILES string of the molecule is Cc1ccsc1CN(Cc1ccccc1)C(=O)CN(CC(C)C)C(=O)c1ccc(Cl)cc1. The fourth-order valence-corrected chi connectivity index (χ4v) is 4.52. The molecule has 3 aromatic rings. The van der Waals surface area contributed by atoms with Crippen LogP contribution in [-0.2, 0) is 17.9 Å². The molecule has 2 amide bonds. The summed E-state index contributed by atoms with van der Waals surface area (Å²) in [6.45, 7) is 7.73. The lowest BCUT2D eigenvalue weighted by Gasteiger charge is -2.29. The summed E-state index contributed by atoms with van der Waals surface area (Å²) in [6.07, 6.45) is 0. The molecule has 0 aliphatic heterocycles. The van der Waals surface area contributed by atoms with Crippen LogP contribution < -0.4 is 0 Å². The number of rotatable bonds is 9. The van der Waals surface area contributed by atoms with Crippen molar-refractivity contribution in [3.05, 3.63) is 92.6 Å². The van der Waals surface area contributed by atoms with Crippen molar-refractivity contribution < 1.29 is 9.59 Å². The van der Waals surface area contributed by atoms with Gasteiger partial charge in [-0.25, -0.2) is 0 Å². The minimum atomic E-state index is -0.157. The fraction of sp³-hybridized carbons (Fsp3) is 0.308. The van der Waals surface area contributed by atoms with E-state index in [4.69, 9.17) is 11.6 Å². The summed E-state index contributed by atoms with van der Waals surface area (Å²) in [5.41, 5.74) is 2.78. The number of thiophene rings is 1. The predicted molar refractivity (Wildman–Crippen MR) is 132 cm³/mol. The smallest absolute Gasteiger partial charge is 0.254 e. The lowest BCUT2D eigenvalue weighted by atomic mass is 10.1. The molecule has 32 heavy (non-hydrogen) atoms. The van der Waals surface area contributed by atoms with Gasteiger partial charge in [0.2, 0.25) is 5.91 Å². The van der Waals surface area contributed by atoms with Crippen LogP contribution in [0.5, 0.6) is 0 Å². The summed E-state index contributed by atoms with van der Waals surface area (Å²) < 4.78 is 0. The number of amides is 2. The molecular formula is C26H29ClN2O2S. The van der Waals surface area contributed by atoms with Gasteiger partial charge in [0.05, 0.1) is 6.54 Å². The van der Waals surface area contributed by atoms with Crippen LogP contribution >= 0.6 is 22.9 Å². The van der Waals surface area contributed by atoms with Crippen LogP contribution in [0.25, 0.3) is 0 Å². The van der Waals surface area contributed by atoms with Crippen LogP contribution in [0, 0.1) is 12.8 Å². The Morgan fingerprint density at radius 1 is 0.938 bits per heavy atom. The van der Waals surface area contributed by atoms with Crippen molar-refractivity contribution in [2.24, 2.45) is 5.92 Å². The molecule has 168 valence electrons. The standard InChI is InChI=1S/C26H29ClN2O2S/c1-19(2)15-29(26(31)22-9-11-23(27)12-10-22)18-25(30)28(16-21-7-5-4-6-8-21)17-24-20(3)13-14-32-24/h4-14,19H,15-18H2,1-3H3. The molecule has 0 bridgehead atoms. The zero-order valence-electron chi connectivity index (χ0n) is 18.8. The van der Waals surface area contributed by atoms with Crippen LogP contribution in [0.2, 0.25) is 5.02 Å². The van der Waals surface area contributed by atoms with Gasteiger partial charge in [-0.15, -0.1) is 11.3 Å². The van der Waals surface area contributed by atoms with Gasteiger partial charge >= 0.3 is 0 Å². The highest BCUT2D eigenvalue weighted by Crippen LogP contribution is 2.20. The summed E-state index contributed by atoms with van der Waals surface area (Å²) in [7, 11) is 0. The van der Waals surface area contributed by atoms with E-state index < -0.39 is 0 Å². The largest absolute Gasteiger partial charge is 0.332 e. The number of hydrogen-bond donors (Lipinski definition) is 0. The van der Waals surface area contributed by atoms with Crippen LogP contribution in [0.1, 0.15) is 40.2 Å². The molecule has 0 fully saturated rings. The monoisotopic (exact) mass is 468 g/mol. The number of benzene rings is 2. The molecule has 2 aromatic carbocycles. The quantitative estimate of drug-likeness (QED) is 0.384. The summed E-state index contributed by atoms with van der Waals surface area (Å²) >= 11 is 7.63. The number of nitrogens with zero attached hydrogens (tertiary/aromatic N) is 2. The van der Waals surface area contributed by atoms with Crippen molar-refractivity contribution in [1.29, 1.82) is 0 Å². The third kappa shape index (κ3) is 6.68. The zero-order valence-corrected chi connectivity index (χ0v) is 20.3. The molecule has 3 rings (SSSR count). The minimum absolute atomic E-state index is 0.0386. The number of aryl methyl sites for hydroxylation is 1. The van der Waals surface area contributed by atoms with Gasteiger partial charge in [0.1, 0.15) is 6.54 Å². The van der Waals surface area contributed by atoms with E-state index in [1.807, 2.05) is 54.5 Å². The molecule has 0 aliphatic carbocycles. The van der Waals surface area contributed by atoms with E-state index in [2.05, 4.69) is 13.0 Å². The molecule has 1 heterocycles. The first-order valence-corrected chi connectivity index (χ1v) is 12.0. The molecule has 6 heteroatoms. The Hall–Kier alpha value is -2.63. The van der Waals surface area contributed by atoms with E-state index in [-0.39, 0.29) is 24.3 Å². The maximum absolute atomic E-state index is 13.5. The summed E-state index contributed by atoms with van der Waals surface area (Å²) in [4.78, 5) is 31.3. The molecule has 0 N–H and O–H groups in total. The van der Waals surface area contributed by atoms with E-state index in [1.54, 1.807) is 40.5 Å². The highest BCUT2D eigenvalue weighted by Gasteiger charge is 2.24. The van der Waals surface area contributed by atoms with Crippen LogP contribution in [0.4, 0.5) is 0 Å². The number of carbonyl (C=O) groups is 2. The molecule has 0 saturated carbocycles. The van der Waals surface area contributed by atoms with Gasteiger partial charge in [-0.05, 0) is 59.7 Å². The molecule has 0 saturated heterocycles. The van der Waals surface area contributed by atoms with Gasteiger partial charge in [-0.3, -0.25) is 9.59 Å². The first kappa shape index (κ1) is 24.0. The molecule has 0 spiro atoms. The van der Waals surface area contributed by atoms with Gasteiger partial charge in [-0.1, -0.05) is 55.8 Å². The highest BCUT2D eigenvalue weighted by atomic mass is 35.5. The van der Waals surface area contributed by atoms with Gasteiger partial charge in [0.25, 0.3) is 5.91 Å². The topological polar surface area (TPSA) is 40.6 Å². The van der Waals surface area contributed by atoms with Gasteiger partial charge in [-0.2, -0.15) is 0 Å². The van der Waals surface area contributed by atoms with E-state index in [0.29, 0.717) is 30.2 Å². The zero-order chi connectivity index (χ0) is 23.1. The average Bonchev–Trinajstić information content (AvgIpc) is 3.17. The van der Waals surface area contributed by atoms with Crippen LogP contribution in [-0.4, -0.2) is 34.7 Å². The molecule has 0 atom stereocenters. The predicted octanol–water partition coefficient (Wildman–Crippen LogP) is 6.04. The maximum atomic E-state index is 13.5. The van der Waals surface area contributed by atoms with E-state index in [1.165, 1.54) is 5.56 Å². The van der Waals surface area contributed by atoms with Crippen molar-refractivity contribution in [3.8, 4) is 0 Å². The number of carbonyl (C=O) groups excluding carboxylic acids is 2. The van der Waals surface area contributed by atoms with E-state index >= 15 is 0 Å². The molecular weight excluding hydrogens is 440 g/mol. The second-order valence-electron chi connectivity index (χ2n) is 8.35. The molecule has 4 nitrogen and oxygen atoms in total. The third-order valence-electron chi connectivity index (χ3n) is 5.16. The highest BCUT2D eigenvalue weighted by molar-refractivity contribution is 7.10. The van der Waals surface area contributed by atoms with E-state index in [9.17, 15) is 9.59 Å². The van der Waals surface area contributed by atoms with Gasteiger partial charge in [0, 0.05) is 28.6 Å². The third-order valence-corrected chi connectivity index (χ3v) is 6.42. The summed E-state index contributed by atoms with van der Waals surface area (Å²) in [5.74, 6) is 0.0152. The van der Waals surface area contributed by atoms with Gasteiger partial charge < -0.3 is 9.80 Å². The second kappa shape index (κ2) is 11.3. The van der Waals surface area contributed by atoms with Gasteiger partial charge in [0.15, 0.2) is 0 Å². The second-order valence-corrected chi connectivity index (χ2v) is 9.79. The number of halogens is 1. The van der Waals surface area contributed by atoms with Crippen molar-refractivity contribution in [1.82, 2.24) is 9.80 Å². The van der Waals surface area contributed by atoms with Crippen molar-refractivity contribution in [2.75, 3.05) is 13.1 Å².